The fourth-order valence-corrected chi connectivity index (χ4v) is 13.8. The van der Waals surface area contributed by atoms with Gasteiger partial charge in [0.25, 0.3) is 0 Å². The van der Waals surface area contributed by atoms with Crippen LogP contribution in [0.1, 0.15) is 49.7 Å². The minimum absolute atomic E-state index is 0.00179. The minimum Gasteiger partial charge on any atom is -0.309 e. The minimum atomic E-state index is -0.00179. The Hall–Kier alpha value is -8.98. The summed E-state index contributed by atoms with van der Waals surface area (Å²) in [5, 5.41) is 10.6. The van der Waals surface area contributed by atoms with Crippen molar-refractivity contribution in [1.82, 2.24) is 9.13 Å². The van der Waals surface area contributed by atoms with Crippen LogP contribution in [0.4, 0.5) is 0 Å². The monoisotopic (exact) mass is 986 g/mol. The van der Waals surface area contributed by atoms with E-state index in [9.17, 15) is 0 Å². The van der Waals surface area contributed by atoms with Gasteiger partial charge in [-0.3, -0.25) is 0 Å². The number of hydrogen-bond acceptors (Lipinski definition) is 0. The molecule has 0 fully saturated rings. The van der Waals surface area contributed by atoms with Crippen LogP contribution in [-0.2, 0) is 5.41 Å². The Morgan fingerprint density at radius 2 is 0.779 bits per heavy atom. The van der Waals surface area contributed by atoms with E-state index in [-0.39, 0.29) is 5.41 Å². The molecule has 0 N–H and O–H groups in total. The van der Waals surface area contributed by atoms with Gasteiger partial charge < -0.3 is 9.13 Å². The van der Waals surface area contributed by atoms with E-state index in [0.29, 0.717) is 17.8 Å². The molecule has 15 rings (SSSR count). The summed E-state index contributed by atoms with van der Waals surface area (Å²) in [4.78, 5) is 0. The SMILES string of the molecule is C[C@@]1(c2ccc3c(c2)c2ccccc2n3-c2ccccc2)C=CC(C2C=CC(c3c4ccccc4c(-c4ccc(-c5ccc(-c6ccc7c(c6)c6ccccc6n7-c6ccccc6)cc5)cc4)c4ccccc34)CC2)CC1. The fraction of sp³-hybridized carbons (Fsp3) is 0.120. The lowest BCUT2D eigenvalue weighted by atomic mass is 9.68. The molecule has 2 aliphatic carbocycles. The Morgan fingerprint density at radius 3 is 1.31 bits per heavy atom. The first kappa shape index (κ1) is 45.4. The summed E-state index contributed by atoms with van der Waals surface area (Å²) in [5.74, 6) is 1.46. The van der Waals surface area contributed by atoms with Gasteiger partial charge in [-0.2, -0.15) is 0 Å². The average Bonchev–Trinajstić information content (AvgIpc) is 4.13. The maximum absolute atomic E-state index is 2.59. The third-order valence-corrected chi connectivity index (χ3v) is 17.8. The number of hydrogen-bond donors (Lipinski definition) is 0. The molecule has 0 aliphatic heterocycles. The number of nitrogens with zero attached hydrogens (tertiary/aromatic N) is 2. The lowest BCUT2D eigenvalue weighted by molar-refractivity contribution is 0.336. The largest absolute Gasteiger partial charge is 0.309 e. The molecule has 0 bridgehead atoms. The molecule has 77 heavy (non-hydrogen) atoms. The van der Waals surface area contributed by atoms with Gasteiger partial charge in [0.05, 0.1) is 22.1 Å². The van der Waals surface area contributed by atoms with Crippen molar-refractivity contribution >= 4 is 65.2 Å². The highest BCUT2D eigenvalue weighted by Crippen LogP contribution is 2.48. The molecule has 2 aliphatic rings. The summed E-state index contributed by atoms with van der Waals surface area (Å²) in [7, 11) is 0. The van der Waals surface area contributed by atoms with Gasteiger partial charge in [0.2, 0.25) is 0 Å². The molecule has 2 nitrogen and oxygen atoms in total. The second kappa shape index (κ2) is 18.4. The van der Waals surface area contributed by atoms with Crippen molar-refractivity contribution in [3.05, 3.63) is 278 Å². The van der Waals surface area contributed by atoms with Crippen molar-refractivity contribution in [2.24, 2.45) is 11.8 Å². The van der Waals surface area contributed by atoms with Gasteiger partial charge >= 0.3 is 0 Å². The van der Waals surface area contributed by atoms with Crippen LogP contribution in [0.3, 0.4) is 0 Å². The number of rotatable bonds is 8. The summed E-state index contributed by atoms with van der Waals surface area (Å²) in [6.45, 7) is 2.45. The molecule has 4 atom stereocenters. The zero-order valence-corrected chi connectivity index (χ0v) is 43.4. The quantitative estimate of drug-likeness (QED) is 0.106. The number of benzene rings is 11. The van der Waals surface area contributed by atoms with Crippen LogP contribution in [0.5, 0.6) is 0 Å². The molecule has 0 radical (unpaired) electrons. The zero-order valence-electron chi connectivity index (χ0n) is 43.4. The maximum Gasteiger partial charge on any atom is 0.0541 e. The molecular weight excluding hydrogens is 929 g/mol. The number of para-hydroxylation sites is 4. The standard InChI is InChI=1S/C75H58N2/c1-75(58-41-43-72-68(49-58)62-21-13-15-27-70(62)77(72)60-18-6-3-7-19-60)46-44-54(45-47-75)52-34-38-56(39-35-52)74-65-24-10-8-22-63(65)73(64-23-9-11-25-66(64)74)55-36-32-51(33-37-55)50-28-30-53(31-29-50)57-40-42-71-67(48-57)61-20-12-14-26-69(61)76(71)59-16-4-2-5-17-59/h2-34,36-38,40-44,46,48-49,52,54,56H,35,39,45,47H2,1H3/t52?,54?,56?,75-/m1/s1. The molecule has 3 unspecified atom stereocenters. The van der Waals surface area contributed by atoms with E-state index in [1.807, 2.05) is 0 Å². The Kier molecular flexibility index (Phi) is 10.8. The van der Waals surface area contributed by atoms with Crippen LogP contribution in [0, 0.1) is 11.8 Å². The van der Waals surface area contributed by atoms with E-state index in [1.54, 1.807) is 0 Å². The van der Waals surface area contributed by atoms with E-state index in [1.165, 1.54) is 134 Å². The van der Waals surface area contributed by atoms with Crippen LogP contribution in [0.25, 0.3) is 110 Å². The first-order valence-electron chi connectivity index (χ1n) is 27.7. The third kappa shape index (κ3) is 7.60. The first-order valence-corrected chi connectivity index (χ1v) is 27.7. The van der Waals surface area contributed by atoms with Crippen molar-refractivity contribution in [2.75, 3.05) is 0 Å². The van der Waals surface area contributed by atoms with Crippen molar-refractivity contribution in [1.29, 1.82) is 0 Å². The Morgan fingerprint density at radius 1 is 0.338 bits per heavy atom. The van der Waals surface area contributed by atoms with Crippen molar-refractivity contribution < 1.29 is 0 Å². The normalized spacial score (nSPS) is 18.6. The Balaban J connectivity index is 0.689. The predicted octanol–water partition coefficient (Wildman–Crippen LogP) is 20.2. The van der Waals surface area contributed by atoms with Crippen molar-refractivity contribution in [3.63, 3.8) is 0 Å². The van der Waals surface area contributed by atoms with E-state index in [0.717, 1.165) is 12.8 Å². The van der Waals surface area contributed by atoms with Gasteiger partial charge in [0, 0.05) is 44.3 Å². The first-order chi connectivity index (χ1) is 38.0. The van der Waals surface area contributed by atoms with Crippen LogP contribution in [-0.4, -0.2) is 9.13 Å². The lowest BCUT2D eigenvalue weighted by Gasteiger charge is -2.37. The molecule has 2 heteroatoms. The molecule has 0 saturated heterocycles. The summed E-state index contributed by atoms with van der Waals surface area (Å²) < 4.78 is 4.79. The molecule has 0 spiro atoms. The van der Waals surface area contributed by atoms with Gasteiger partial charge in [0.1, 0.15) is 0 Å². The number of fused-ring (bicyclic) bond motifs is 8. The number of allylic oxidation sites excluding steroid dienone is 4. The van der Waals surface area contributed by atoms with Crippen LogP contribution in [0.2, 0.25) is 0 Å². The molecular formula is C75H58N2. The highest BCUT2D eigenvalue weighted by Gasteiger charge is 2.33. The average molecular weight is 987 g/mol. The highest BCUT2D eigenvalue weighted by molar-refractivity contribution is 6.16. The van der Waals surface area contributed by atoms with Crippen LogP contribution >= 0.6 is 0 Å². The third-order valence-electron chi connectivity index (χ3n) is 17.8. The van der Waals surface area contributed by atoms with Gasteiger partial charge in [-0.15, -0.1) is 0 Å². The second-order valence-corrected chi connectivity index (χ2v) is 22.1. The number of aromatic nitrogens is 2. The van der Waals surface area contributed by atoms with Crippen LogP contribution in [0.15, 0.2) is 267 Å². The fourth-order valence-electron chi connectivity index (χ4n) is 13.8. The van der Waals surface area contributed by atoms with E-state index >= 15 is 0 Å². The molecule has 0 saturated carbocycles. The maximum atomic E-state index is 2.59. The Bertz CT molecular complexity index is 4400. The van der Waals surface area contributed by atoms with Crippen molar-refractivity contribution in [3.8, 4) is 44.8 Å². The summed E-state index contributed by atoms with van der Waals surface area (Å²) in [5.41, 5.74) is 17.7. The molecule has 2 aromatic heterocycles. The lowest BCUT2D eigenvalue weighted by Crippen LogP contribution is -2.27. The van der Waals surface area contributed by atoms with E-state index < -0.39 is 0 Å². The molecule has 2 heterocycles. The second-order valence-electron chi connectivity index (χ2n) is 22.1. The zero-order chi connectivity index (χ0) is 51.0. The highest BCUT2D eigenvalue weighted by atomic mass is 15.0. The smallest absolute Gasteiger partial charge is 0.0541 e. The molecule has 0 amide bonds. The summed E-state index contributed by atoms with van der Waals surface area (Å²) in [6, 6.07) is 90.0. The van der Waals surface area contributed by atoms with Gasteiger partial charge in [-0.25, -0.2) is 0 Å². The van der Waals surface area contributed by atoms with Crippen LogP contribution < -0.4 is 0 Å². The Labute approximate surface area is 450 Å². The van der Waals surface area contributed by atoms with Gasteiger partial charge in [-0.05, 0) is 164 Å². The molecule has 11 aromatic carbocycles. The summed E-state index contributed by atoms with van der Waals surface area (Å²) >= 11 is 0. The van der Waals surface area contributed by atoms with Gasteiger partial charge in [0.15, 0.2) is 0 Å². The molecule has 13 aromatic rings. The summed E-state index contributed by atoms with van der Waals surface area (Å²) in [6.07, 6.45) is 15.0. The van der Waals surface area contributed by atoms with Gasteiger partial charge in [-0.1, -0.05) is 213 Å². The molecule has 368 valence electrons. The van der Waals surface area contributed by atoms with E-state index in [4.69, 9.17) is 0 Å². The topological polar surface area (TPSA) is 9.86 Å². The van der Waals surface area contributed by atoms with E-state index in [2.05, 4.69) is 283 Å². The predicted molar refractivity (Wildman–Crippen MR) is 327 cm³/mol. The van der Waals surface area contributed by atoms with Crippen molar-refractivity contribution in [2.45, 2.75) is 43.9 Å².